The van der Waals surface area contributed by atoms with Crippen LogP contribution in [-0.4, -0.2) is 101 Å². The van der Waals surface area contributed by atoms with Crippen molar-refractivity contribution >= 4 is 17.7 Å². The van der Waals surface area contributed by atoms with Crippen LogP contribution in [0.5, 0.6) is 5.75 Å². The number of benzene rings is 2. The van der Waals surface area contributed by atoms with Crippen molar-refractivity contribution in [1.82, 2.24) is 4.90 Å². The minimum absolute atomic E-state index is 0.0285. The normalized spacial score (nSPS) is 19.9. The van der Waals surface area contributed by atoms with Crippen LogP contribution < -0.4 is 9.64 Å². The first-order valence-electron chi connectivity index (χ1n) is 17.5. The molecule has 272 valence electrons. The maximum Gasteiger partial charge on any atom is 0.410 e. The fourth-order valence-electron chi connectivity index (χ4n) is 6.36. The van der Waals surface area contributed by atoms with Crippen LogP contribution in [0.2, 0.25) is 0 Å². The zero-order valence-electron chi connectivity index (χ0n) is 30.4. The van der Waals surface area contributed by atoms with Crippen molar-refractivity contribution in [3.8, 4) is 5.75 Å². The van der Waals surface area contributed by atoms with Gasteiger partial charge in [0, 0.05) is 52.2 Å². The van der Waals surface area contributed by atoms with E-state index in [-0.39, 0.29) is 30.5 Å². The molecule has 0 spiro atoms. The van der Waals surface area contributed by atoms with Crippen LogP contribution in [0.4, 0.5) is 10.5 Å². The SMILES string of the molecule is CCO[C@H](C)COCc1ccc([C@H]2[C@H](COC(C)=O)CN(C(=O)OC(C)(C)C)C[C@@H]2OCc2ccc3c(c2)N(CCCOC)CCO3)cc1. The number of esters is 1. The van der Waals surface area contributed by atoms with E-state index in [4.69, 9.17) is 33.2 Å². The average Bonchev–Trinajstić information content (AvgIpc) is 3.06. The molecule has 0 unspecified atom stereocenters. The highest BCUT2D eigenvalue weighted by atomic mass is 16.6. The number of rotatable bonds is 16. The summed E-state index contributed by atoms with van der Waals surface area (Å²) in [7, 11) is 1.72. The van der Waals surface area contributed by atoms with Crippen LogP contribution >= 0.6 is 0 Å². The maximum absolute atomic E-state index is 13.4. The lowest BCUT2D eigenvalue weighted by Gasteiger charge is -2.43. The number of ether oxygens (including phenoxy) is 7. The summed E-state index contributed by atoms with van der Waals surface area (Å²) in [6, 6.07) is 14.4. The van der Waals surface area contributed by atoms with Gasteiger partial charge in [0.15, 0.2) is 0 Å². The second-order valence-corrected chi connectivity index (χ2v) is 13.8. The largest absolute Gasteiger partial charge is 0.490 e. The summed E-state index contributed by atoms with van der Waals surface area (Å²) in [6.45, 7) is 16.7. The zero-order chi connectivity index (χ0) is 35.4. The first kappa shape index (κ1) is 38.4. The number of carbonyl (C=O) groups is 2. The molecule has 0 radical (unpaired) electrons. The number of hydrogen-bond donors (Lipinski definition) is 0. The van der Waals surface area contributed by atoms with Gasteiger partial charge in [-0.1, -0.05) is 30.3 Å². The number of hydrogen-bond acceptors (Lipinski definition) is 10. The highest BCUT2D eigenvalue weighted by Crippen LogP contribution is 2.38. The lowest BCUT2D eigenvalue weighted by molar-refractivity contribution is -0.144. The Kier molecular flexibility index (Phi) is 14.6. The number of carbonyl (C=O) groups excluding carboxylic acids is 2. The number of likely N-dealkylation sites (tertiary alicyclic amines) is 1. The molecule has 0 N–H and O–H groups in total. The fourth-order valence-corrected chi connectivity index (χ4v) is 6.36. The molecule has 2 aliphatic heterocycles. The Bertz CT molecular complexity index is 1330. The molecule has 11 heteroatoms. The Morgan fingerprint density at radius 2 is 1.80 bits per heavy atom. The summed E-state index contributed by atoms with van der Waals surface area (Å²) < 4.78 is 40.8. The third-order valence-corrected chi connectivity index (χ3v) is 8.58. The molecule has 0 aliphatic carbocycles. The van der Waals surface area contributed by atoms with Crippen LogP contribution in [0.1, 0.15) is 70.6 Å². The minimum Gasteiger partial charge on any atom is -0.490 e. The summed E-state index contributed by atoms with van der Waals surface area (Å²) in [4.78, 5) is 29.4. The number of nitrogens with zero attached hydrogens (tertiary/aromatic N) is 2. The van der Waals surface area contributed by atoms with Gasteiger partial charge in [-0.2, -0.15) is 0 Å². The molecule has 2 aromatic rings. The third kappa shape index (κ3) is 11.9. The second-order valence-electron chi connectivity index (χ2n) is 13.8. The summed E-state index contributed by atoms with van der Waals surface area (Å²) in [5.41, 5.74) is 3.47. The van der Waals surface area contributed by atoms with Crippen molar-refractivity contribution in [3.05, 3.63) is 59.2 Å². The van der Waals surface area contributed by atoms with Crippen molar-refractivity contribution in [2.75, 3.05) is 71.2 Å². The van der Waals surface area contributed by atoms with Crippen LogP contribution in [0, 0.1) is 5.92 Å². The van der Waals surface area contributed by atoms with Crippen molar-refractivity contribution in [2.24, 2.45) is 5.92 Å². The molecule has 0 saturated carbocycles. The lowest BCUT2D eigenvalue weighted by Crippen LogP contribution is -2.53. The number of anilines is 1. The average molecular weight is 685 g/mol. The van der Waals surface area contributed by atoms with E-state index in [2.05, 4.69) is 35.2 Å². The highest BCUT2D eigenvalue weighted by molar-refractivity contribution is 5.68. The van der Waals surface area contributed by atoms with Gasteiger partial charge in [0.05, 0.1) is 57.4 Å². The molecule has 4 rings (SSSR count). The van der Waals surface area contributed by atoms with Gasteiger partial charge in [0.1, 0.15) is 18.0 Å². The highest BCUT2D eigenvalue weighted by Gasteiger charge is 2.42. The molecule has 0 aromatic heterocycles. The molecule has 1 fully saturated rings. The predicted octanol–water partition coefficient (Wildman–Crippen LogP) is 5.96. The molecule has 1 saturated heterocycles. The Labute approximate surface area is 292 Å². The van der Waals surface area contributed by atoms with Crippen molar-refractivity contribution in [2.45, 2.75) is 84.9 Å². The van der Waals surface area contributed by atoms with Gasteiger partial charge in [-0.05, 0) is 69.9 Å². The van der Waals surface area contributed by atoms with E-state index in [1.807, 2.05) is 46.8 Å². The van der Waals surface area contributed by atoms with Crippen LogP contribution in [0.25, 0.3) is 0 Å². The Morgan fingerprint density at radius 1 is 1.04 bits per heavy atom. The minimum atomic E-state index is -0.658. The summed E-state index contributed by atoms with van der Waals surface area (Å²) in [5, 5.41) is 0. The van der Waals surface area contributed by atoms with Gasteiger partial charge in [0.25, 0.3) is 0 Å². The van der Waals surface area contributed by atoms with E-state index in [1.165, 1.54) is 6.92 Å². The quantitative estimate of drug-likeness (QED) is 0.155. The lowest BCUT2D eigenvalue weighted by atomic mass is 9.78. The molecule has 2 aliphatic rings. The van der Waals surface area contributed by atoms with Gasteiger partial charge in [-0.3, -0.25) is 4.79 Å². The standard InChI is InChI=1S/C38H56N2O9/c1-8-45-27(2)23-44-24-29-10-13-31(14-11-29)36-32(26-47-28(3)41)21-40(37(42)49-38(4,5)6)22-35(36)48-25-30-12-15-34-33(20-30)39(17-19-46-34)16-9-18-43-7/h10-15,20,27,32,35-36H,8-9,16-19,21-26H2,1-7H3/t27-,32+,35+,36+/m1/s1. The van der Waals surface area contributed by atoms with E-state index in [1.54, 1.807) is 12.0 Å². The molecule has 4 atom stereocenters. The Morgan fingerprint density at radius 3 is 2.49 bits per heavy atom. The summed E-state index contributed by atoms with van der Waals surface area (Å²) in [6.07, 6.45) is 0.127. The molecular weight excluding hydrogens is 628 g/mol. The van der Waals surface area contributed by atoms with Crippen molar-refractivity contribution < 1.29 is 42.7 Å². The van der Waals surface area contributed by atoms with Gasteiger partial charge in [-0.15, -0.1) is 0 Å². The molecule has 2 heterocycles. The second kappa shape index (κ2) is 18.6. The summed E-state index contributed by atoms with van der Waals surface area (Å²) >= 11 is 0. The summed E-state index contributed by atoms with van der Waals surface area (Å²) in [5.74, 6) is 0.109. The number of fused-ring (bicyclic) bond motifs is 1. The van der Waals surface area contributed by atoms with Crippen LogP contribution in [0.3, 0.4) is 0 Å². The molecule has 2 aromatic carbocycles. The molecule has 49 heavy (non-hydrogen) atoms. The van der Waals surface area contributed by atoms with E-state index in [0.717, 1.165) is 47.6 Å². The van der Waals surface area contributed by atoms with Crippen LogP contribution in [-0.2, 0) is 46.4 Å². The fraction of sp³-hybridized carbons (Fsp3) is 0.632. The zero-order valence-corrected chi connectivity index (χ0v) is 30.4. The predicted molar refractivity (Wildman–Crippen MR) is 187 cm³/mol. The van der Waals surface area contributed by atoms with Crippen molar-refractivity contribution in [3.63, 3.8) is 0 Å². The maximum atomic E-state index is 13.4. The van der Waals surface area contributed by atoms with E-state index < -0.39 is 17.8 Å². The molecular formula is C38H56N2O9. The number of methoxy groups -OCH3 is 1. The van der Waals surface area contributed by atoms with Crippen molar-refractivity contribution in [1.29, 1.82) is 0 Å². The van der Waals surface area contributed by atoms with Gasteiger partial charge >= 0.3 is 12.1 Å². The van der Waals surface area contributed by atoms with Gasteiger partial charge in [0.2, 0.25) is 0 Å². The first-order chi connectivity index (χ1) is 23.5. The molecule has 1 amide bonds. The molecule has 0 bridgehead atoms. The first-order valence-corrected chi connectivity index (χ1v) is 17.5. The Balaban J connectivity index is 1.58. The number of piperidine rings is 1. The number of amides is 1. The van der Waals surface area contributed by atoms with Gasteiger partial charge in [-0.25, -0.2) is 4.79 Å². The Hall–Kier alpha value is -3.38. The smallest absolute Gasteiger partial charge is 0.410 e. The monoisotopic (exact) mass is 684 g/mol. The molecule has 11 nitrogen and oxygen atoms in total. The van der Waals surface area contributed by atoms with Crippen LogP contribution in [0.15, 0.2) is 42.5 Å². The topological polar surface area (TPSA) is 105 Å². The van der Waals surface area contributed by atoms with E-state index in [0.29, 0.717) is 52.7 Å². The van der Waals surface area contributed by atoms with E-state index in [9.17, 15) is 9.59 Å². The van der Waals surface area contributed by atoms with Gasteiger partial charge < -0.3 is 43.0 Å². The third-order valence-electron chi connectivity index (χ3n) is 8.58. The van der Waals surface area contributed by atoms with E-state index >= 15 is 0 Å².